The molecule has 2 saturated heterocycles. The highest BCUT2D eigenvalue weighted by atomic mass is 16.7. The second-order valence-electron chi connectivity index (χ2n) is 8.94. The van der Waals surface area contributed by atoms with E-state index in [1.54, 1.807) is 20.8 Å². The third-order valence-corrected chi connectivity index (χ3v) is 5.86. The summed E-state index contributed by atoms with van der Waals surface area (Å²) in [4.78, 5) is 69.4. The standard InChI is InChI=1S/C21H32N2O9/c1-5-21(4,19(29)32-23-16(26)8-9-17(23)27)12-13-30-20(2,3)11-10-18(28)31-22-14(24)6-7-15(22)25/h16,26H,5-13H2,1-4H3. The lowest BCUT2D eigenvalue weighted by Gasteiger charge is -2.31. The molecular weight excluding hydrogens is 424 g/mol. The highest BCUT2D eigenvalue weighted by Crippen LogP contribution is 2.31. The summed E-state index contributed by atoms with van der Waals surface area (Å²) in [7, 11) is 0. The highest BCUT2D eigenvalue weighted by Gasteiger charge is 2.40. The molecule has 0 spiro atoms. The Kier molecular flexibility index (Phi) is 8.35. The molecule has 0 aliphatic carbocycles. The van der Waals surface area contributed by atoms with E-state index in [4.69, 9.17) is 14.4 Å². The molecule has 0 aromatic carbocycles. The Morgan fingerprint density at radius 3 is 2.16 bits per heavy atom. The van der Waals surface area contributed by atoms with Crippen LogP contribution in [0.3, 0.4) is 0 Å². The minimum atomic E-state index is -1.13. The van der Waals surface area contributed by atoms with Crippen molar-refractivity contribution in [2.45, 2.75) is 90.9 Å². The van der Waals surface area contributed by atoms with Crippen molar-refractivity contribution in [3.63, 3.8) is 0 Å². The summed E-state index contributed by atoms with van der Waals surface area (Å²) in [5.41, 5.74) is -1.67. The van der Waals surface area contributed by atoms with Crippen LogP contribution >= 0.6 is 0 Å². The van der Waals surface area contributed by atoms with Gasteiger partial charge in [0.15, 0.2) is 6.23 Å². The number of hydroxylamine groups is 4. The Bertz CT molecular complexity index is 750. The molecule has 2 aliphatic rings. The van der Waals surface area contributed by atoms with Crippen molar-refractivity contribution < 1.29 is 43.5 Å². The Morgan fingerprint density at radius 1 is 1.00 bits per heavy atom. The Labute approximate surface area is 186 Å². The van der Waals surface area contributed by atoms with E-state index in [1.807, 2.05) is 6.92 Å². The average Bonchev–Trinajstić information content (AvgIpc) is 3.22. The Morgan fingerprint density at radius 2 is 1.62 bits per heavy atom. The fourth-order valence-electron chi connectivity index (χ4n) is 3.21. The largest absolute Gasteiger partial charge is 0.376 e. The summed E-state index contributed by atoms with van der Waals surface area (Å²) in [5.74, 6) is -2.84. The van der Waals surface area contributed by atoms with Gasteiger partial charge in [-0.2, -0.15) is 0 Å². The van der Waals surface area contributed by atoms with Crippen LogP contribution in [0.5, 0.6) is 0 Å². The van der Waals surface area contributed by atoms with Gasteiger partial charge < -0.3 is 19.5 Å². The first kappa shape index (κ1) is 25.7. The molecule has 2 rings (SSSR count). The molecular formula is C21H32N2O9. The van der Waals surface area contributed by atoms with Crippen LogP contribution in [0.1, 0.15) is 79.1 Å². The Hall–Kier alpha value is -2.53. The van der Waals surface area contributed by atoms with Crippen LogP contribution in [0.25, 0.3) is 0 Å². The van der Waals surface area contributed by atoms with E-state index in [-0.39, 0.29) is 45.1 Å². The number of ether oxygens (including phenoxy) is 1. The predicted octanol–water partition coefficient (Wildman–Crippen LogP) is 1.37. The zero-order valence-corrected chi connectivity index (χ0v) is 19.0. The van der Waals surface area contributed by atoms with Gasteiger partial charge in [0.05, 0.1) is 17.4 Å². The number of carbonyl (C=O) groups is 5. The summed E-state index contributed by atoms with van der Waals surface area (Å²) in [6.45, 7) is 7.23. The fraction of sp³-hybridized carbons (Fsp3) is 0.762. The molecule has 32 heavy (non-hydrogen) atoms. The smallest absolute Gasteiger partial charge is 0.338 e. The molecule has 2 unspecified atom stereocenters. The molecule has 11 nitrogen and oxygen atoms in total. The minimum absolute atomic E-state index is 0.0320. The zero-order valence-electron chi connectivity index (χ0n) is 19.0. The van der Waals surface area contributed by atoms with Crippen molar-refractivity contribution in [2.75, 3.05) is 6.61 Å². The summed E-state index contributed by atoms with van der Waals surface area (Å²) < 4.78 is 5.86. The molecule has 0 aromatic heterocycles. The third-order valence-electron chi connectivity index (χ3n) is 5.86. The predicted molar refractivity (Wildman–Crippen MR) is 108 cm³/mol. The number of nitrogens with zero attached hydrogens (tertiary/aromatic N) is 2. The summed E-state index contributed by atoms with van der Waals surface area (Å²) >= 11 is 0. The van der Waals surface area contributed by atoms with Gasteiger partial charge in [-0.1, -0.05) is 6.92 Å². The maximum absolute atomic E-state index is 12.6. The number of hydrogen-bond acceptors (Lipinski definition) is 9. The van der Waals surface area contributed by atoms with Gasteiger partial charge in [0.1, 0.15) is 0 Å². The van der Waals surface area contributed by atoms with Crippen molar-refractivity contribution in [3.8, 4) is 0 Å². The maximum atomic E-state index is 12.6. The van der Waals surface area contributed by atoms with E-state index in [0.29, 0.717) is 17.9 Å². The number of carbonyl (C=O) groups excluding carboxylic acids is 5. The summed E-state index contributed by atoms with van der Waals surface area (Å²) in [5, 5.41) is 11.0. The number of rotatable bonds is 11. The van der Waals surface area contributed by atoms with Crippen LogP contribution < -0.4 is 0 Å². The van der Waals surface area contributed by atoms with Crippen LogP contribution in [-0.4, -0.2) is 63.3 Å². The SMILES string of the molecule is CCC(C)(CCOC(C)(C)CCC(=O)ON1C(=O)CCC1=O)C(=O)ON1C(=O)CCC1O. The van der Waals surface area contributed by atoms with Crippen molar-refractivity contribution >= 4 is 29.7 Å². The van der Waals surface area contributed by atoms with Crippen molar-refractivity contribution in [1.82, 2.24) is 10.1 Å². The monoisotopic (exact) mass is 456 g/mol. The molecule has 1 N–H and O–H groups in total. The number of imide groups is 1. The quantitative estimate of drug-likeness (QED) is 0.457. The van der Waals surface area contributed by atoms with E-state index >= 15 is 0 Å². The van der Waals surface area contributed by atoms with Crippen LogP contribution in [0.4, 0.5) is 0 Å². The van der Waals surface area contributed by atoms with Gasteiger partial charge in [-0.15, -0.1) is 10.1 Å². The van der Waals surface area contributed by atoms with Gasteiger partial charge in [0, 0.05) is 32.3 Å². The van der Waals surface area contributed by atoms with Crippen LogP contribution in [0, 0.1) is 5.41 Å². The van der Waals surface area contributed by atoms with E-state index < -0.39 is 46.9 Å². The molecule has 2 atom stereocenters. The van der Waals surface area contributed by atoms with Crippen molar-refractivity contribution in [3.05, 3.63) is 0 Å². The molecule has 2 heterocycles. The minimum Gasteiger partial charge on any atom is -0.376 e. The molecule has 2 fully saturated rings. The molecule has 0 bridgehead atoms. The van der Waals surface area contributed by atoms with Gasteiger partial charge in [-0.05, 0) is 40.0 Å². The first-order valence-electron chi connectivity index (χ1n) is 10.8. The first-order valence-corrected chi connectivity index (χ1v) is 10.8. The second-order valence-corrected chi connectivity index (χ2v) is 8.94. The van der Waals surface area contributed by atoms with E-state index in [2.05, 4.69) is 0 Å². The third kappa shape index (κ3) is 6.49. The zero-order chi connectivity index (χ0) is 24.1. The van der Waals surface area contributed by atoms with Crippen LogP contribution in [0.2, 0.25) is 0 Å². The highest BCUT2D eigenvalue weighted by molar-refractivity contribution is 6.01. The van der Waals surface area contributed by atoms with Gasteiger partial charge in [-0.3, -0.25) is 14.4 Å². The molecule has 180 valence electrons. The molecule has 0 radical (unpaired) electrons. The van der Waals surface area contributed by atoms with Crippen molar-refractivity contribution in [2.24, 2.45) is 5.41 Å². The average molecular weight is 456 g/mol. The molecule has 0 saturated carbocycles. The van der Waals surface area contributed by atoms with Crippen LogP contribution in [-0.2, 0) is 38.4 Å². The lowest BCUT2D eigenvalue weighted by molar-refractivity contribution is -0.229. The van der Waals surface area contributed by atoms with E-state index in [0.717, 1.165) is 5.06 Å². The van der Waals surface area contributed by atoms with E-state index in [9.17, 15) is 29.1 Å². The van der Waals surface area contributed by atoms with Gasteiger partial charge in [0.2, 0.25) is 0 Å². The first-order chi connectivity index (χ1) is 14.9. The molecule has 3 amide bonds. The topological polar surface area (TPSA) is 140 Å². The maximum Gasteiger partial charge on any atom is 0.338 e. The molecule has 2 aliphatic heterocycles. The summed E-state index contributed by atoms with van der Waals surface area (Å²) in [6.07, 6.45) is 0.202. The van der Waals surface area contributed by atoms with E-state index in [1.165, 1.54) is 0 Å². The van der Waals surface area contributed by atoms with Gasteiger partial charge in [0.25, 0.3) is 17.7 Å². The van der Waals surface area contributed by atoms with Crippen LogP contribution in [0.15, 0.2) is 0 Å². The molecule has 0 aromatic rings. The lowest BCUT2D eigenvalue weighted by atomic mass is 9.84. The number of amides is 3. The van der Waals surface area contributed by atoms with Gasteiger partial charge in [-0.25, -0.2) is 9.59 Å². The van der Waals surface area contributed by atoms with Gasteiger partial charge >= 0.3 is 11.9 Å². The Balaban J connectivity index is 1.79. The normalized spacial score (nSPS) is 21.2. The number of aliphatic hydroxyl groups excluding tert-OH is 1. The second kappa shape index (κ2) is 10.4. The molecule has 11 heteroatoms. The number of aliphatic hydroxyl groups is 1. The fourth-order valence-corrected chi connectivity index (χ4v) is 3.21. The van der Waals surface area contributed by atoms with Crippen molar-refractivity contribution in [1.29, 1.82) is 0 Å². The number of hydrogen-bond donors (Lipinski definition) is 1. The lowest BCUT2D eigenvalue weighted by Crippen LogP contribution is -2.41. The summed E-state index contributed by atoms with van der Waals surface area (Å²) in [6, 6.07) is 0.